The Hall–Kier alpha value is -1.88. The van der Waals surface area contributed by atoms with E-state index in [1.807, 2.05) is 35.8 Å². The van der Waals surface area contributed by atoms with Gasteiger partial charge in [-0.2, -0.15) is 0 Å². The molecule has 5 nitrogen and oxygen atoms in total. The molecule has 1 aliphatic rings. The molecule has 164 valence electrons. The van der Waals surface area contributed by atoms with Gasteiger partial charge in [-0.15, -0.1) is 0 Å². The van der Waals surface area contributed by atoms with E-state index >= 15 is 0 Å². The van der Waals surface area contributed by atoms with Crippen LogP contribution in [0.4, 0.5) is 0 Å². The number of unbranched alkanes of at least 4 members (excludes halogenated alkanes) is 2. The van der Waals surface area contributed by atoms with Gasteiger partial charge in [0.15, 0.2) is 5.78 Å². The van der Waals surface area contributed by atoms with Crippen LogP contribution in [0, 0.1) is 0 Å². The van der Waals surface area contributed by atoms with E-state index in [1.165, 1.54) is 25.7 Å². The fourth-order valence-electron chi connectivity index (χ4n) is 3.72. The van der Waals surface area contributed by atoms with E-state index in [2.05, 4.69) is 25.3 Å². The third-order valence-electron chi connectivity index (χ3n) is 5.25. The molecule has 0 aromatic heterocycles. The summed E-state index contributed by atoms with van der Waals surface area (Å²) in [6.07, 6.45) is 11.2. The van der Waals surface area contributed by atoms with E-state index in [-0.39, 0.29) is 17.7 Å². The van der Waals surface area contributed by atoms with Crippen molar-refractivity contribution in [3.8, 4) is 0 Å². The van der Waals surface area contributed by atoms with Crippen LogP contribution in [0.1, 0.15) is 66.7 Å². The van der Waals surface area contributed by atoms with Crippen LogP contribution in [0.3, 0.4) is 0 Å². The Bertz CT molecular complexity index is 601. The first-order chi connectivity index (χ1) is 13.8. The normalized spacial score (nSPS) is 18.2. The highest BCUT2D eigenvalue weighted by molar-refractivity contribution is 5.93. The minimum Gasteiger partial charge on any atom is -0.337 e. The molecule has 0 saturated carbocycles. The molecule has 29 heavy (non-hydrogen) atoms. The molecule has 1 fully saturated rings. The number of carbonyl (C=O) groups is 2. The summed E-state index contributed by atoms with van der Waals surface area (Å²) in [6.45, 7) is 18.2. The van der Waals surface area contributed by atoms with Crippen molar-refractivity contribution < 1.29 is 9.59 Å². The van der Waals surface area contributed by atoms with E-state index in [1.54, 1.807) is 13.0 Å². The van der Waals surface area contributed by atoms with Crippen molar-refractivity contribution in [2.24, 2.45) is 0 Å². The molecule has 0 radical (unpaired) electrons. The van der Waals surface area contributed by atoms with Gasteiger partial charge in [0.05, 0.1) is 12.2 Å². The van der Waals surface area contributed by atoms with Gasteiger partial charge in [-0.05, 0) is 39.3 Å². The van der Waals surface area contributed by atoms with Gasteiger partial charge < -0.3 is 9.80 Å². The molecule has 1 atom stereocenters. The largest absolute Gasteiger partial charge is 0.337 e. The van der Waals surface area contributed by atoms with Crippen LogP contribution < -0.4 is 0 Å². The Morgan fingerprint density at radius 2 is 1.79 bits per heavy atom. The van der Waals surface area contributed by atoms with Crippen molar-refractivity contribution in [3.63, 3.8) is 0 Å². The second-order valence-electron chi connectivity index (χ2n) is 7.97. The first-order valence-corrected chi connectivity index (χ1v) is 11.2. The summed E-state index contributed by atoms with van der Waals surface area (Å²) in [5.41, 5.74) is 1.49. The maximum Gasteiger partial charge on any atom is 0.246 e. The maximum atomic E-state index is 12.7. The standard InChI is InChI=1S/C24H41N3O2/c1-7-10-15-25(16-11-8-2)17-12-14-24(29)26-18-20(4)27(21(5)19-26)23(13-9-3)22(6)28/h12-14,21H,4,7-11,15-19H2,1-3,5-6H3/b14-12+,23-13-/t21-/m0/s1. The molecule has 0 aromatic carbocycles. The highest BCUT2D eigenvalue weighted by atomic mass is 16.2. The second kappa shape index (κ2) is 13.4. The van der Waals surface area contributed by atoms with Crippen LogP contribution in [0.5, 0.6) is 0 Å². The summed E-state index contributed by atoms with van der Waals surface area (Å²) in [5.74, 6) is 0.0613. The van der Waals surface area contributed by atoms with Crippen molar-refractivity contribution in [2.45, 2.75) is 72.8 Å². The third kappa shape index (κ3) is 8.17. The molecule has 1 aliphatic heterocycles. The lowest BCUT2D eigenvalue weighted by atomic mass is 10.1. The average Bonchev–Trinajstić information content (AvgIpc) is 2.67. The minimum absolute atomic E-state index is 0.0208. The zero-order valence-electron chi connectivity index (χ0n) is 19.2. The number of carbonyl (C=O) groups excluding carboxylic acids is 2. The summed E-state index contributed by atoms with van der Waals surface area (Å²) >= 11 is 0. The van der Waals surface area contributed by atoms with Crippen molar-refractivity contribution in [1.29, 1.82) is 0 Å². The number of amides is 1. The van der Waals surface area contributed by atoms with E-state index < -0.39 is 0 Å². The molecule has 1 heterocycles. The zero-order chi connectivity index (χ0) is 21.8. The highest BCUT2D eigenvalue weighted by Gasteiger charge is 2.31. The number of allylic oxidation sites excluding steroid dienone is 2. The second-order valence-corrected chi connectivity index (χ2v) is 7.97. The van der Waals surface area contributed by atoms with Crippen LogP contribution in [0.2, 0.25) is 0 Å². The topological polar surface area (TPSA) is 43.9 Å². The predicted molar refractivity (Wildman–Crippen MR) is 121 cm³/mol. The lowest BCUT2D eigenvalue weighted by molar-refractivity contribution is -0.127. The molecular formula is C24H41N3O2. The molecule has 0 N–H and O–H groups in total. The quantitative estimate of drug-likeness (QED) is 0.454. The molecule has 0 bridgehead atoms. The van der Waals surface area contributed by atoms with Gasteiger partial charge in [0, 0.05) is 37.8 Å². The SMILES string of the molecule is C=C1CN(C(=O)/C=C/CN(CCCC)CCCC)C[C@H](C)N1/C(=C\CC)C(C)=O. The molecule has 1 rings (SSSR count). The number of hydrogen-bond donors (Lipinski definition) is 0. The molecule has 1 saturated heterocycles. The van der Waals surface area contributed by atoms with Crippen LogP contribution in [-0.2, 0) is 9.59 Å². The van der Waals surface area contributed by atoms with Gasteiger partial charge in [-0.1, -0.05) is 52.3 Å². The highest BCUT2D eigenvalue weighted by Crippen LogP contribution is 2.24. The summed E-state index contributed by atoms with van der Waals surface area (Å²) in [7, 11) is 0. The lowest BCUT2D eigenvalue weighted by Gasteiger charge is -2.43. The molecule has 0 spiro atoms. The Labute approximate surface area is 178 Å². The van der Waals surface area contributed by atoms with E-state index in [4.69, 9.17) is 0 Å². The summed E-state index contributed by atoms with van der Waals surface area (Å²) < 4.78 is 0. The average molecular weight is 404 g/mol. The molecule has 5 heteroatoms. The predicted octanol–water partition coefficient (Wildman–Crippen LogP) is 4.37. The van der Waals surface area contributed by atoms with E-state index in [9.17, 15) is 9.59 Å². The van der Waals surface area contributed by atoms with Crippen molar-refractivity contribution in [1.82, 2.24) is 14.7 Å². The molecule has 1 amide bonds. The lowest BCUT2D eigenvalue weighted by Crippen LogP contribution is -2.51. The first-order valence-electron chi connectivity index (χ1n) is 11.2. The Kier molecular flexibility index (Phi) is 11.6. The fourth-order valence-corrected chi connectivity index (χ4v) is 3.72. The Balaban J connectivity index is 2.70. The number of hydrogen-bond acceptors (Lipinski definition) is 4. The van der Waals surface area contributed by atoms with Crippen molar-refractivity contribution in [2.75, 3.05) is 32.7 Å². The summed E-state index contributed by atoms with van der Waals surface area (Å²) in [6, 6.07) is 0.0286. The van der Waals surface area contributed by atoms with Crippen LogP contribution in [0.15, 0.2) is 36.2 Å². The molecule has 0 aromatic rings. The summed E-state index contributed by atoms with van der Waals surface area (Å²) in [4.78, 5) is 31.0. The zero-order valence-corrected chi connectivity index (χ0v) is 19.2. The van der Waals surface area contributed by atoms with Gasteiger partial charge in [0.2, 0.25) is 5.91 Å². The van der Waals surface area contributed by atoms with Crippen LogP contribution in [-0.4, -0.2) is 65.2 Å². The molecule has 0 aliphatic carbocycles. The number of nitrogens with zero attached hydrogens (tertiary/aromatic N) is 3. The van der Waals surface area contributed by atoms with Crippen molar-refractivity contribution in [3.05, 3.63) is 36.2 Å². The van der Waals surface area contributed by atoms with E-state index in [0.717, 1.165) is 31.8 Å². The smallest absolute Gasteiger partial charge is 0.246 e. The Morgan fingerprint density at radius 3 is 2.28 bits per heavy atom. The number of piperazine rings is 1. The minimum atomic E-state index is 0.0208. The van der Waals surface area contributed by atoms with Gasteiger partial charge >= 0.3 is 0 Å². The Morgan fingerprint density at radius 1 is 1.17 bits per heavy atom. The molecular weight excluding hydrogens is 362 g/mol. The van der Waals surface area contributed by atoms with E-state index in [0.29, 0.717) is 18.8 Å². The number of ketones is 1. The summed E-state index contributed by atoms with van der Waals surface area (Å²) in [5, 5.41) is 0. The van der Waals surface area contributed by atoms with Gasteiger partial charge in [-0.25, -0.2) is 0 Å². The molecule has 0 unspecified atom stereocenters. The fraction of sp³-hybridized carbons (Fsp3) is 0.667. The third-order valence-corrected chi connectivity index (χ3v) is 5.25. The van der Waals surface area contributed by atoms with Crippen LogP contribution in [0.25, 0.3) is 0 Å². The van der Waals surface area contributed by atoms with Crippen LogP contribution >= 0.6 is 0 Å². The first kappa shape index (κ1) is 25.2. The van der Waals surface area contributed by atoms with Gasteiger partial charge in [0.1, 0.15) is 0 Å². The monoisotopic (exact) mass is 403 g/mol. The van der Waals surface area contributed by atoms with Gasteiger partial charge in [0.25, 0.3) is 0 Å². The maximum absolute atomic E-state index is 12.7. The van der Waals surface area contributed by atoms with Crippen molar-refractivity contribution >= 4 is 11.7 Å². The number of rotatable bonds is 12. The van der Waals surface area contributed by atoms with Gasteiger partial charge in [-0.3, -0.25) is 14.5 Å². The number of Topliss-reactive ketones (excluding diaryl/α,β-unsaturated/α-hetero) is 1.